The van der Waals surface area contributed by atoms with E-state index in [1.807, 2.05) is 34.9 Å². The van der Waals surface area contributed by atoms with Crippen molar-refractivity contribution in [2.45, 2.75) is 57.9 Å². The molecule has 2 aromatic rings. The van der Waals surface area contributed by atoms with Gasteiger partial charge >= 0.3 is 0 Å². The SMILES string of the molecule is CC[C@@H]1CCCCCN1C(=O)CCc1nncn1-c1ccccc1. The number of nitrogens with zero attached hydrogens (tertiary/aromatic N) is 4. The van der Waals surface area contributed by atoms with Crippen molar-refractivity contribution in [1.29, 1.82) is 0 Å². The zero-order valence-corrected chi connectivity index (χ0v) is 14.4. The number of carbonyl (C=O) groups is 1. The van der Waals surface area contributed by atoms with E-state index in [0.29, 0.717) is 18.9 Å². The first-order valence-corrected chi connectivity index (χ1v) is 9.03. The lowest BCUT2D eigenvalue weighted by Gasteiger charge is -2.29. The molecule has 0 radical (unpaired) electrons. The fraction of sp³-hybridized carbons (Fsp3) is 0.526. The minimum atomic E-state index is 0.256. The van der Waals surface area contributed by atoms with Crippen molar-refractivity contribution in [3.8, 4) is 5.69 Å². The van der Waals surface area contributed by atoms with Crippen LogP contribution >= 0.6 is 0 Å². The number of aromatic nitrogens is 3. The second kappa shape index (κ2) is 8.08. The van der Waals surface area contributed by atoms with Crippen molar-refractivity contribution in [3.05, 3.63) is 42.5 Å². The van der Waals surface area contributed by atoms with Crippen molar-refractivity contribution < 1.29 is 4.79 Å². The van der Waals surface area contributed by atoms with E-state index in [1.165, 1.54) is 12.8 Å². The van der Waals surface area contributed by atoms with Crippen LogP contribution in [0, 0.1) is 0 Å². The molecule has 0 spiro atoms. The maximum atomic E-state index is 12.7. The molecule has 0 unspecified atom stereocenters. The average Bonchev–Trinajstić information content (AvgIpc) is 2.96. The zero-order chi connectivity index (χ0) is 16.8. The van der Waals surface area contributed by atoms with Gasteiger partial charge in [0.05, 0.1) is 0 Å². The summed E-state index contributed by atoms with van der Waals surface area (Å²) in [6, 6.07) is 10.4. The van der Waals surface area contributed by atoms with Gasteiger partial charge in [-0.1, -0.05) is 38.0 Å². The number of aryl methyl sites for hydroxylation is 1. The number of amides is 1. The molecule has 1 aliphatic rings. The highest BCUT2D eigenvalue weighted by molar-refractivity contribution is 5.76. The van der Waals surface area contributed by atoms with E-state index in [-0.39, 0.29) is 5.91 Å². The lowest BCUT2D eigenvalue weighted by molar-refractivity contribution is -0.133. The normalized spacial score (nSPS) is 18.4. The fourth-order valence-corrected chi connectivity index (χ4v) is 3.53. The molecule has 0 bridgehead atoms. The molecule has 3 rings (SSSR count). The van der Waals surface area contributed by atoms with Crippen molar-refractivity contribution in [2.75, 3.05) is 6.54 Å². The van der Waals surface area contributed by atoms with Gasteiger partial charge in [0.25, 0.3) is 0 Å². The topological polar surface area (TPSA) is 51.0 Å². The summed E-state index contributed by atoms with van der Waals surface area (Å²) in [4.78, 5) is 14.8. The summed E-state index contributed by atoms with van der Waals surface area (Å²) in [6.07, 6.45) is 8.64. The van der Waals surface area contributed by atoms with Crippen LogP contribution in [-0.2, 0) is 11.2 Å². The Morgan fingerprint density at radius 1 is 1.21 bits per heavy atom. The minimum Gasteiger partial charge on any atom is -0.340 e. The van der Waals surface area contributed by atoms with E-state index in [1.54, 1.807) is 6.33 Å². The van der Waals surface area contributed by atoms with Gasteiger partial charge in [0.1, 0.15) is 12.2 Å². The van der Waals surface area contributed by atoms with E-state index in [4.69, 9.17) is 0 Å². The zero-order valence-electron chi connectivity index (χ0n) is 14.4. The smallest absolute Gasteiger partial charge is 0.223 e. The van der Waals surface area contributed by atoms with Gasteiger partial charge in [-0.3, -0.25) is 9.36 Å². The molecule has 0 saturated carbocycles. The van der Waals surface area contributed by atoms with Crippen LogP contribution in [0.1, 0.15) is 51.3 Å². The van der Waals surface area contributed by atoms with Crippen molar-refractivity contribution in [2.24, 2.45) is 0 Å². The van der Waals surface area contributed by atoms with Crippen LogP contribution in [0.25, 0.3) is 5.69 Å². The Labute approximate surface area is 143 Å². The fourth-order valence-electron chi connectivity index (χ4n) is 3.53. The number of hydrogen-bond donors (Lipinski definition) is 0. The second-order valence-electron chi connectivity index (χ2n) is 6.45. The Kier molecular flexibility index (Phi) is 5.62. The third-order valence-corrected chi connectivity index (χ3v) is 4.88. The molecule has 5 nitrogen and oxygen atoms in total. The summed E-state index contributed by atoms with van der Waals surface area (Å²) in [5, 5.41) is 8.23. The van der Waals surface area contributed by atoms with Gasteiger partial charge < -0.3 is 4.90 Å². The number of benzene rings is 1. The van der Waals surface area contributed by atoms with E-state index in [2.05, 4.69) is 22.0 Å². The number of hydrogen-bond acceptors (Lipinski definition) is 3. The molecule has 1 fully saturated rings. The highest BCUT2D eigenvalue weighted by Crippen LogP contribution is 2.20. The molecular weight excluding hydrogens is 300 g/mol. The number of para-hydroxylation sites is 1. The van der Waals surface area contributed by atoms with E-state index in [0.717, 1.165) is 37.3 Å². The van der Waals surface area contributed by atoms with Gasteiger partial charge in [0.15, 0.2) is 0 Å². The lowest BCUT2D eigenvalue weighted by Crippen LogP contribution is -2.39. The third-order valence-electron chi connectivity index (χ3n) is 4.88. The second-order valence-corrected chi connectivity index (χ2v) is 6.45. The van der Waals surface area contributed by atoms with Crippen LogP contribution < -0.4 is 0 Å². The molecule has 128 valence electrons. The number of carbonyl (C=O) groups excluding carboxylic acids is 1. The van der Waals surface area contributed by atoms with Gasteiger partial charge in [-0.25, -0.2) is 0 Å². The predicted molar refractivity (Wildman–Crippen MR) is 93.9 cm³/mol. The average molecular weight is 326 g/mol. The molecular formula is C19H26N4O. The molecule has 1 amide bonds. The van der Waals surface area contributed by atoms with Crippen LogP contribution in [0.4, 0.5) is 0 Å². The van der Waals surface area contributed by atoms with E-state index >= 15 is 0 Å². The monoisotopic (exact) mass is 326 g/mol. The van der Waals surface area contributed by atoms with Crippen LogP contribution in [0.3, 0.4) is 0 Å². The lowest BCUT2D eigenvalue weighted by atomic mass is 10.1. The summed E-state index contributed by atoms with van der Waals surface area (Å²) in [6.45, 7) is 3.09. The maximum absolute atomic E-state index is 12.7. The van der Waals surface area contributed by atoms with Gasteiger partial charge in [0.2, 0.25) is 5.91 Å². The summed E-state index contributed by atoms with van der Waals surface area (Å²) < 4.78 is 1.97. The molecule has 1 aliphatic heterocycles. The number of likely N-dealkylation sites (tertiary alicyclic amines) is 1. The van der Waals surface area contributed by atoms with Crippen LogP contribution in [-0.4, -0.2) is 38.2 Å². The van der Waals surface area contributed by atoms with E-state index < -0.39 is 0 Å². The van der Waals surface area contributed by atoms with Gasteiger partial charge in [-0.2, -0.15) is 0 Å². The molecule has 24 heavy (non-hydrogen) atoms. The molecule has 0 aliphatic carbocycles. The first-order chi connectivity index (χ1) is 11.8. The summed E-state index contributed by atoms with van der Waals surface area (Å²) >= 11 is 0. The predicted octanol–water partition coefficient (Wildman–Crippen LogP) is 3.38. The Bertz CT molecular complexity index is 652. The molecule has 0 N–H and O–H groups in total. The van der Waals surface area contributed by atoms with Crippen LogP contribution in [0.15, 0.2) is 36.7 Å². The Morgan fingerprint density at radius 3 is 2.83 bits per heavy atom. The minimum absolute atomic E-state index is 0.256. The summed E-state index contributed by atoms with van der Waals surface area (Å²) in [5.74, 6) is 1.10. The Balaban J connectivity index is 1.65. The third kappa shape index (κ3) is 3.83. The molecule has 5 heteroatoms. The number of rotatable bonds is 5. The standard InChI is InChI=1S/C19H26N4O/c1-2-16-9-7-4-8-14-22(16)19(24)13-12-18-21-20-15-23(18)17-10-5-3-6-11-17/h3,5-6,10-11,15-16H,2,4,7-9,12-14H2,1H3/t16-/m1/s1. The molecule has 1 saturated heterocycles. The van der Waals surface area contributed by atoms with E-state index in [9.17, 15) is 4.79 Å². The van der Waals surface area contributed by atoms with Crippen LogP contribution in [0.5, 0.6) is 0 Å². The quantitative estimate of drug-likeness (QED) is 0.846. The van der Waals surface area contributed by atoms with Crippen LogP contribution in [0.2, 0.25) is 0 Å². The first kappa shape index (κ1) is 16.7. The van der Waals surface area contributed by atoms with Crippen molar-refractivity contribution in [1.82, 2.24) is 19.7 Å². The molecule has 1 aromatic heterocycles. The van der Waals surface area contributed by atoms with Crippen molar-refractivity contribution >= 4 is 5.91 Å². The molecule has 2 heterocycles. The largest absolute Gasteiger partial charge is 0.340 e. The Hall–Kier alpha value is -2.17. The Morgan fingerprint density at radius 2 is 2.04 bits per heavy atom. The van der Waals surface area contributed by atoms with Gasteiger partial charge in [-0.05, 0) is 31.4 Å². The van der Waals surface area contributed by atoms with Gasteiger partial charge in [0, 0.05) is 31.1 Å². The molecule has 1 aromatic carbocycles. The van der Waals surface area contributed by atoms with Crippen molar-refractivity contribution in [3.63, 3.8) is 0 Å². The van der Waals surface area contributed by atoms with Gasteiger partial charge in [-0.15, -0.1) is 10.2 Å². The first-order valence-electron chi connectivity index (χ1n) is 9.03. The maximum Gasteiger partial charge on any atom is 0.223 e. The molecule has 1 atom stereocenters. The summed E-state index contributed by atoms with van der Waals surface area (Å²) in [5.41, 5.74) is 1.03. The highest BCUT2D eigenvalue weighted by Gasteiger charge is 2.24. The summed E-state index contributed by atoms with van der Waals surface area (Å²) in [7, 11) is 0. The highest BCUT2D eigenvalue weighted by atomic mass is 16.2.